The molecule has 2 N–H and O–H groups in total. The number of allylic oxidation sites excluding steroid dienone is 1. The fourth-order valence-corrected chi connectivity index (χ4v) is 6.20. The number of hydrogen-bond donors (Lipinski definition) is 2. The van der Waals surface area contributed by atoms with Gasteiger partial charge < -0.3 is 20.1 Å². The van der Waals surface area contributed by atoms with Crippen molar-refractivity contribution in [2.75, 3.05) is 23.9 Å². The van der Waals surface area contributed by atoms with Crippen LogP contribution in [0.2, 0.25) is 0 Å². The average Bonchev–Trinajstić information content (AvgIpc) is 3.37. The molecule has 1 aliphatic heterocycles. The maximum absolute atomic E-state index is 13.7. The summed E-state index contributed by atoms with van der Waals surface area (Å²) in [6.07, 6.45) is 0. The normalized spacial score (nSPS) is 21.2. The lowest BCUT2D eigenvalue weighted by Crippen LogP contribution is -2.65. The van der Waals surface area contributed by atoms with E-state index in [9.17, 15) is 9.59 Å². The molecule has 0 spiro atoms. The first kappa shape index (κ1) is 26.9. The number of esters is 2. The molecule has 3 aromatic rings. The Labute approximate surface area is 229 Å². The molecule has 2 aromatic carbocycles. The second-order valence-electron chi connectivity index (χ2n) is 8.64. The van der Waals surface area contributed by atoms with Gasteiger partial charge in [0, 0.05) is 27.9 Å². The summed E-state index contributed by atoms with van der Waals surface area (Å²) in [6.45, 7) is 5.81. The van der Waals surface area contributed by atoms with Gasteiger partial charge in [-0.2, -0.15) is 0 Å². The third-order valence-electron chi connectivity index (χ3n) is 6.30. The molecule has 4 rings (SSSR count). The number of alkyl halides is 1. The van der Waals surface area contributed by atoms with Crippen molar-refractivity contribution < 1.29 is 19.1 Å². The van der Waals surface area contributed by atoms with Gasteiger partial charge in [0.1, 0.15) is 11.6 Å². The lowest BCUT2D eigenvalue weighted by Gasteiger charge is -2.48. The van der Waals surface area contributed by atoms with Crippen LogP contribution in [0.4, 0.5) is 5.13 Å². The summed E-state index contributed by atoms with van der Waals surface area (Å²) in [5.41, 5.74) is 2.65. The largest absolute Gasteiger partial charge is 0.466 e. The SMILES string of the molecule is CCOC(=O)C1=C(C)NC(CBr)(Nc2nc(-c3ccccc3)cs2)C(C(=O)OCC)C1c1ccccc1. The van der Waals surface area contributed by atoms with Crippen molar-refractivity contribution in [3.63, 3.8) is 0 Å². The van der Waals surface area contributed by atoms with Crippen molar-refractivity contribution in [1.82, 2.24) is 10.3 Å². The highest BCUT2D eigenvalue weighted by Gasteiger charge is 2.54. The van der Waals surface area contributed by atoms with Gasteiger partial charge >= 0.3 is 11.9 Å². The van der Waals surface area contributed by atoms with Crippen LogP contribution in [0, 0.1) is 5.92 Å². The van der Waals surface area contributed by atoms with Crippen LogP contribution in [0.5, 0.6) is 0 Å². The highest BCUT2D eigenvalue weighted by molar-refractivity contribution is 9.09. The number of aromatic nitrogens is 1. The number of ether oxygens (including phenoxy) is 2. The molecule has 1 aromatic heterocycles. The summed E-state index contributed by atoms with van der Waals surface area (Å²) in [4.78, 5) is 31.7. The van der Waals surface area contributed by atoms with Gasteiger partial charge in [0.25, 0.3) is 0 Å². The first-order valence-corrected chi connectivity index (χ1v) is 14.2. The van der Waals surface area contributed by atoms with E-state index < -0.39 is 29.4 Å². The van der Waals surface area contributed by atoms with Crippen molar-refractivity contribution in [1.29, 1.82) is 0 Å². The second kappa shape index (κ2) is 11.9. The Morgan fingerprint density at radius 2 is 1.70 bits per heavy atom. The van der Waals surface area contributed by atoms with Gasteiger partial charge in [-0.25, -0.2) is 9.78 Å². The Morgan fingerprint density at radius 3 is 2.32 bits per heavy atom. The van der Waals surface area contributed by atoms with Crippen LogP contribution >= 0.6 is 27.3 Å². The van der Waals surface area contributed by atoms with Gasteiger partial charge in [-0.05, 0) is 26.3 Å². The van der Waals surface area contributed by atoms with E-state index in [4.69, 9.17) is 14.5 Å². The lowest BCUT2D eigenvalue weighted by molar-refractivity contribution is -0.151. The molecule has 37 heavy (non-hydrogen) atoms. The Morgan fingerprint density at radius 1 is 1.05 bits per heavy atom. The molecule has 7 nitrogen and oxygen atoms in total. The van der Waals surface area contributed by atoms with E-state index in [2.05, 4.69) is 26.6 Å². The highest BCUT2D eigenvalue weighted by Crippen LogP contribution is 2.46. The number of nitrogens with zero attached hydrogens (tertiary/aromatic N) is 1. The smallest absolute Gasteiger partial charge is 0.336 e. The third kappa shape index (κ3) is 5.57. The maximum Gasteiger partial charge on any atom is 0.336 e. The van der Waals surface area contributed by atoms with E-state index in [0.717, 1.165) is 16.8 Å². The predicted octanol–water partition coefficient (Wildman–Crippen LogP) is 5.72. The summed E-state index contributed by atoms with van der Waals surface area (Å²) < 4.78 is 11.0. The minimum absolute atomic E-state index is 0.210. The molecule has 0 aliphatic carbocycles. The summed E-state index contributed by atoms with van der Waals surface area (Å²) >= 11 is 5.11. The summed E-state index contributed by atoms with van der Waals surface area (Å²) in [7, 11) is 0. The van der Waals surface area contributed by atoms with Crippen LogP contribution in [0.15, 0.2) is 77.3 Å². The number of nitrogens with one attached hydrogen (secondary N) is 2. The molecule has 0 fully saturated rings. The van der Waals surface area contributed by atoms with Gasteiger partial charge in [-0.1, -0.05) is 76.6 Å². The van der Waals surface area contributed by atoms with Gasteiger partial charge in [-0.3, -0.25) is 4.79 Å². The zero-order chi connectivity index (χ0) is 26.4. The fourth-order valence-electron chi connectivity index (χ4n) is 4.76. The molecule has 0 radical (unpaired) electrons. The third-order valence-corrected chi connectivity index (χ3v) is 7.94. The predicted molar refractivity (Wildman–Crippen MR) is 149 cm³/mol. The summed E-state index contributed by atoms with van der Waals surface area (Å²) in [6, 6.07) is 19.4. The number of carbonyl (C=O) groups is 2. The highest BCUT2D eigenvalue weighted by atomic mass is 79.9. The number of anilines is 1. The van der Waals surface area contributed by atoms with Gasteiger partial charge in [-0.15, -0.1) is 11.3 Å². The molecular formula is C28H30BrN3O4S. The topological polar surface area (TPSA) is 89.5 Å². The molecule has 2 heterocycles. The number of hydrogen-bond acceptors (Lipinski definition) is 8. The van der Waals surface area contributed by atoms with E-state index >= 15 is 0 Å². The Bertz CT molecular complexity index is 1260. The van der Waals surface area contributed by atoms with Gasteiger partial charge in [0.15, 0.2) is 5.13 Å². The van der Waals surface area contributed by atoms with Crippen molar-refractivity contribution >= 4 is 44.3 Å². The molecule has 0 amide bonds. The standard InChI is InChI=1S/C28H30BrN3O4S/c1-4-35-25(33)22-18(3)31-28(17-29,32-27-30-21(16-37-27)19-12-8-6-9-13-19)24(26(34)36-5-2)23(22)20-14-10-7-11-15-20/h6-16,23-24,31H,4-5,17H2,1-3H3,(H,30,32). The quantitative estimate of drug-likeness (QED) is 0.246. The van der Waals surface area contributed by atoms with Crippen molar-refractivity contribution in [2.24, 2.45) is 5.92 Å². The number of thiazole rings is 1. The molecule has 0 saturated heterocycles. The van der Waals surface area contributed by atoms with Crippen molar-refractivity contribution in [2.45, 2.75) is 32.4 Å². The maximum atomic E-state index is 13.7. The zero-order valence-corrected chi connectivity index (χ0v) is 23.4. The first-order chi connectivity index (χ1) is 17.9. The van der Waals surface area contributed by atoms with Crippen LogP contribution < -0.4 is 10.6 Å². The van der Waals surface area contributed by atoms with Crippen LogP contribution in [-0.2, 0) is 19.1 Å². The van der Waals surface area contributed by atoms with Crippen LogP contribution in [0.1, 0.15) is 32.3 Å². The van der Waals surface area contributed by atoms with Crippen molar-refractivity contribution in [3.05, 3.63) is 82.9 Å². The molecule has 0 bridgehead atoms. The second-order valence-corrected chi connectivity index (χ2v) is 10.1. The molecule has 0 saturated carbocycles. The van der Waals surface area contributed by atoms with Gasteiger partial charge in [0.2, 0.25) is 0 Å². The van der Waals surface area contributed by atoms with Crippen molar-refractivity contribution in [3.8, 4) is 11.3 Å². The summed E-state index contributed by atoms with van der Waals surface area (Å²) in [5.74, 6) is -2.31. The van der Waals surface area contributed by atoms with Gasteiger partial charge in [0.05, 0.1) is 24.5 Å². The molecular weight excluding hydrogens is 554 g/mol. The fraction of sp³-hybridized carbons (Fsp3) is 0.321. The van der Waals surface area contributed by atoms with E-state index in [1.165, 1.54) is 11.3 Å². The molecule has 9 heteroatoms. The minimum atomic E-state index is -1.04. The molecule has 3 atom stereocenters. The Hall–Kier alpha value is -3.17. The Balaban J connectivity index is 1.84. The lowest BCUT2D eigenvalue weighted by atomic mass is 9.70. The number of rotatable bonds is 9. The van der Waals surface area contributed by atoms with E-state index in [0.29, 0.717) is 21.7 Å². The van der Waals surface area contributed by atoms with E-state index in [-0.39, 0.29) is 13.2 Å². The molecule has 194 valence electrons. The average molecular weight is 585 g/mol. The number of benzene rings is 2. The zero-order valence-electron chi connectivity index (χ0n) is 21.0. The molecule has 3 unspecified atom stereocenters. The van der Waals surface area contributed by atoms with Crippen LogP contribution in [0.3, 0.4) is 0 Å². The molecule has 1 aliphatic rings. The van der Waals surface area contributed by atoms with Crippen LogP contribution in [-0.4, -0.2) is 41.1 Å². The minimum Gasteiger partial charge on any atom is -0.466 e. The van der Waals surface area contributed by atoms with E-state index in [1.54, 1.807) is 13.8 Å². The monoisotopic (exact) mass is 583 g/mol. The first-order valence-electron chi connectivity index (χ1n) is 12.2. The summed E-state index contributed by atoms with van der Waals surface area (Å²) in [5, 5.41) is 9.90. The Kier molecular flexibility index (Phi) is 8.66. The number of carbonyl (C=O) groups excluding carboxylic acids is 2. The van der Waals surface area contributed by atoms with E-state index in [1.807, 2.05) is 73.0 Å². The van der Waals surface area contributed by atoms with Crippen LogP contribution in [0.25, 0.3) is 11.3 Å². The number of halogens is 1.